The second-order valence-electron chi connectivity index (χ2n) is 8.09. The number of anilines is 1. The van der Waals surface area contributed by atoms with Gasteiger partial charge in [0.15, 0.2) is 0 Å². The summed E-state index contributed by atoms with van der Waals surface area (Å²) >= 11 is 6.26. The quantitative estimate of drug-likeness (QED) is 0.662. The van der Waals surface area contributed by atoms with Crippen molar-refractivity contribution in [3.05, 3.63) is 76.4 Å². The summed E-state index contributed by atoms with van der Waals surface area (Å²) in [6.45, 7) is 1.42. The van der Waals surface area contributed by atoms with E-state index in [4.69, 9.17) is 16.6 Å². The van der Waals surface area contributed by atoms with Gasteiger partial charge in [0.1, 0.15) is 0 Å². The third-order valence-electron chi connectivity index (χ3n) is 6.48. The standard InChI is InChI=1S/C24H23ClN4O/c1-26-23-27-15-16-14-24(19-8-4-2-6-17(19)21(16)28-23)10-12-29(13-11-24)22(30)18-7-3-5-9-20(18)25/h2-9,15H,10-14H2,1H3,(H,26,27,28). The van der Waals surface area contributed by atoms with Crippen LogP contribution in [0.1, 0.15) is 34.3 Å². The van der Waals surface area contributed by atoms with Crippen molar-refractivity contribution in [3.8, 4) is 11.3 Å². The van der Waals surface area contributed by atoms with Crippen molar-refractivity contribution in [3.63, 3.8) is 0 Å². The SMILES string of the molecule is CNc1ncc2c(n1)-c1ccccc1C1(CCN(C(=O)c3ccccc3Cl)CC1)C2. The molecule has 3 aromatic rings. The van der Waals surface area contributed by atoms with Crippen molar-refractivity contribution < 1.29 is 4.79 Å². The fourth-order valence-electron chi connectivity index (χ4n) is 4.89. The van der Waals surface area contributed by atoms with Crippen LogP contribution in [0.5, 0.6) is 0 Å². The number of carbonyl (C=O) groups is 1. The normalized spacial score (nSPS) is 16.7. The Kier molecular flexibility index (Phi) is 4.70. The van der Waals surface area contributed by atoms with Crippen LogP contribution < -0.4 is 5.32 Å². The van der Waals surface area contributed by atoms with Crippen LogP contribution in [0.4, 0.5) is 5.95 Å². The first-order valence-electron chi connectivity index (χ1n) is 10.3. The van der Waals surface area contributed by atoms with E-state index in [9.17, 15) is 4.79 Å². The molecule has 1 spiro atoms. The average Bonchev–Trinajstić information content (AvgIpc) is 2.79. The van der Waals surface area contributed by atoms with Gasteiger partial charge in [0.2, 0.25) is 5.95 Å². The number of hydrogen-bond acceptors (Lipinski definition) is 4. The molecule has 1 N–H and O–H groups in total. The van der Waals surface area contributed by atoms with Gasteiger partial charge in [-0.05, 0) is 42.5 Å². The molecule has 1 amide bonds. The number of benzene rings is 2. The van der Waals surface area contributed by atoms with Gasteiger partial charge in [-0.1, -0.05) is 48.0 Å². The van der Waals surface area contributed by atoms with Crippen molar-refractivity contribution in [1.82, 2.24) is 14.9 Å². The second kappa shape index (κ2) is 7.40. The Morgan fingerprint density at radius 1 is 1.10 bits per heavy atom. The summed E-state index contributed by atoms with van der Waals surface area (Å²) < 4.78 is 0. The average molecular weight is 419 g/mol. The Balaban J connectivity index is 1.45. The molecule has 30 heavy (non-hydrogen) atoms. The van der Waals surface area contributed by atoms with E-state index >= 15 is 0 Å². The first kappa shape index (κ1) is 19.1. The Bertz CT molecular complexity index is 1120. The van der Waals surface area contributed by atoms with Gasteiger partial charge in [-0.3, -0.25) is 4.79 Å². The lowest BCUT2D eigenvalue weighted by Gasteiger charge is -2.45. The molecule has 152 valence electrons. The summed E-state index contributed by atoms with van der Waals surface area (Å²) in [5.41, 5.74) is 5.30. The molecule has 0 unspecified atom stereocenters. The monoisotopic (exact) mass is 418 g/mol. The molecule has 2 aliphatic rings. The Morgan fingerprint density at radius 3 is 2.60 bits per heavy atom. The molecule has 1 fully saturated rings. The third kappa shape index (κ3) is 3.05. The highest BCUT2D eigenvalue weighted by molar-refractivity contribution is 6.33. The summed E-state index contributed by atoms with van der Waals surface area (Å²) in [6.07, 6.45) is 4.67. The molecule has 5 nitrogen and oxygen atoms in total. The molecule has 6 heteroatoms. The van der Waals surface area contributed by atoms with Gasteiger partial charge in [0.25, 0.3) is 5.91 Å². The zero-order chi connectivity index (χ0) is 20.7. The fraction of sp³-hybridized carbons (Fsp3) is 0.292. The number of likely N-dealkylation sites (tertiary alicyclic amines) is 1. The Morgan fingerprint density at radius 2 is 1.83 bits per heavy atom. The smallest absolute Gasteiger partial charge is 0.255 e. The van der Waals surface area contributed by atoms with Crippen molar-refractivity contribution in [2.45, 2.75) is 24.7 Å². The summed E-state index contributed by atoms with van der Waals surface area (Å²) in [4.78, 5) is 24.2. The molecule has 0 atom stereocenters. The number of amides is 1. The van der Waals surface area contributed by atoms with Crippen LogP contribution in [0.15, 0.2) is 54.7 Å². The number of nitrogens with one attached hydrogen (secondary N) is 1. The van der Waals surface area contributed by atoms with E-state index in [0.717, 1.165) is 25.0 Å². The number of piperidine rings is 1. The van der Waals surface area contributed by atoms with E-state index in [2.05, 4.69) is 34.6 Å². The second-order valence-corrected chi connectivity index (χ2v) is 8.50. The Labute approximate surface area is 181 Å². The van der Waals surface area contributed by atoms with E-state index < -0.39 is 0 Å². The molecule has 1 aliphatic heterocycles. The molecule has 1 saturated heterocycles. The zero-order valence-corrected chi connectivity index (χ0v) is 17.6. The van der Waals surface area contributed by atoms with Crippen molar-refractivity contribution in [2.24, 2.45) is 0 Å². The van der Waals surface area contributed by atoms with Gasteiger partial charge in [-0.15, -0.1) is 0 Å². The van der Waals surface area contributed by atoms with Crippen molar-refractivity contribution >= 4 is 23.5 Å². The molecule has 1 aliphatic carbocycles. The number of aromatic nitrogens is 2. The zero-order valence-electron chi connectivity index (χ0n) is 16.9. The van der Waals surface area contributed by atoms with E-state index in [0.29, 0.717) is 29.6 Å². The fourth-order valence-corrected chi connectivity index (χ4v) is 5.11. The van der Waals surface area contributed by atoms with Crippen LogP contribution in [0.2, 0.25) is 5.02 Å². The topological polar surface area (TPSA) is 58.1 Å². The molecule has 0 bridgehead atoms. The first-order valence-corrected chi connectivity index (χ1v) is 10.7. The minimum absolute atomic E-state index is 0.00533. The number of halogens is 1. The number of rotatable bonds is 2. The van der Waals surface area contributed by atoms with E-state index in [1.54, 1.807) is 12.1 Å². The highest BCUT2D eigenvalue weighted by atomic mass is 35.5. The van der Waals surface area contributed by atoms with Crippen LogP contribution >= 0.6 is 11.6 Å². The Hall–Kier alpha value is -2.92. The van der Waals surface area contributed by atoms with Gasteiger partial charge in [0, 0.05) is 37.3 Å². The molecule has 1 aromatic heterocycles. The minimum atomic E-state index is 0.00533. The van der Waals surface area contributed by atoms with E-state index in [1.165, 1.54) is 16.7 Å². The van der Waals surface area contributed by atoms with E-state index in [-0.39, 0.29) is 11.3 Å². The lowest BCUT2D eigenvalue weighted by molar-refractivity contribution is 0.0664. The number of fused-ring (bicyclic) bond motifs is 4. The number of nitrogens with zero attached hydrogens (tertiary/aromatic N) is 3. The third-order valence-corrected chi connectivity index (χ3v) is 6.81. The first-order chi connectivity index (χ1) is 14.6. The van der Waals surface area contributed by atoms with Gasteiger partial charge in [-0.25, -0.2) is 9.97 Å². The highest BCUT2D eigenvalue weighted by Gasteiger charge is 2.42. The molecule has 5 rings (SSSR count). The summed E-state index contributed by atoms with van der Waals surface area (Å²) in [5.74, 6) is 0.654. The van der Waals surface area contributed by atoms with Gasteiger partial charge < -0.3 is 10.2 Å². The van der Waals surface area contributed by atoms with Crippen LogP contribution in [-0.2, 0) is 11.8 Å². The molecular weight excluding hydrogens is 396 g/mol. The van der Waals surface area contributed by atoms with Gasteiger partial charge in [-0.2, -0.15) is 0 Å². The molecule has 2 heterocycles. The lowest BCUT2D eigenvalue weighted by Crippen LogP contribution is -2.47. The van der Waals surface area contributed by atoms with Gasteiger partial charge >= 0.3 is 0 Å². The maximum atomic E-state index is 13.0. The van der Waals surface area contributed by atoms with Crippen LogP contribution in [0.3, 0.4) is 0 Å². The highest BCUT2D eigenvalue weighted by Crippen LogP contribution is 2.48. The summed E-state index contributed by atoms with van der Waals surface area (Å²) in [5, 5.41) is 3.55. The summed E-state index contributed by atoms with van der Waals surface area (Å²) in [6, 6.07) is 15.8. The molecule has 2 aromatic carbocycles. The van der Waals surface area contributed by atoms with Crippen molar-refractivity contribution in [1.29, 1.82) is 0 Å². The lowest BCUT2D eigenvalue weighted by atomic mass is 9.64. The minimum Gasteiger partial charge on any atom is -0.357 e. The molecule has 0 radical (unpaired) electrons. The maximum absolute atomic E-state index is 13.0. The van der Waals surface area contributed by atoms with Crippen LogP contribution in [-0.4, -0.2) is 40.9 Å². The maximum Gasteiger partial charge on any atom is 0.255 e. The predicted octanol–water partition coefficient (Wildman–Crippen LogP) is 4.57. The van der Waals surface area contributed by atoms with Crippen molar-refractivity contribution in [2.75, 3.05) is 25.5 Å². The number of carbonyl (C=O) groups excluding carboxylic acids is 1. The summed E-state index contributed by atoms with van der Waals surface area (Å²) in [7, 11) is 1.84. The molecular formula is C24H23ClN4O. The van der Waals surface area contributed by atoms with Crippen LogP contribution in [0.25, 0.3) is 11.3 Å². The number of hydrogen-bond donors (Lipinski definition) is 1. The van der Waals surface area contributed by atoms with Crippen LogP contribution in [0, 0.1) is 0 Å². The predicted molar refractivity (Wildman–Crippen MR) is 119 cm³/mol. The van der Waals surface area contributed by atoms with E-state index in [1.807, 2.05) is 30.3 Å². The largest absolute Gasteiger partial charge is 0.357 e. The molecule has 0 saturated carbocycles. The van der Waals surface area contributed by atoms with Gasteiger partial charge in [0.05, 0.1) is 16.3 Å².